The molecule has 0 aromatic heterocycles. The second-order valence-corrected chi connectivity index (χ2v) is 5.64. The van der Waals surface area contributed by atoms with Crippen molar-refractivity contribution in [1.82, 2.24) is 16.0 Å². The van der Waals surface area contributed by atoms with Crippen molar-refractivity contribution in [2.75, 3.05) is 14.1 Å². The molecule has 5 nitrogen and oxygen atoms in total. The first-order valence-electron chi connectivity index (χ1n) is 8.54. The average molecular weight is 301 g/mol. The lowest BCUT2D eigenvalue weighted by Gasteiger charge is -2.26. The maximum atomic E-state index is 11.2. The Bertz CT molecular complexity index is 246. The van der Waals surface area contributed by atoms with Crippen LogP contribution >= 0.6 is 0 Å². The lowest BCUT2D eigenvalue weighted by atomic mass is 10.0. The molecule has 0 heterocycles. The number of nitrogens with zero attached hydrogens (tertiary/aromatic N) is 1. The number of carboxylic acids is 1. The molecule has 1 unspecified atom stereocenters. The Labute approximate surface area is 130 Å². The van der Waals surface area contributed by atoms with E-state index in [1.165, 1.54) is 51.4 Å². The van der Waals surface area contributed by atoms with E-state index in [-0.39, 0.29) is 0 Å². The summed E-state index contributed by atoms with van der Waals surface area (Å²) in [7, 11) is 3.45. The largest absolute Gasteiger partial charge is 0.480 e. The van der Waals surface area contributed by atoms with Crippen LogP contribution in [0.2, 0.25) is 0 Å². The zero-order valence-electron chi connectivity index (χ0n) is 14.2. The Morgan fingerprint density at radius 1 is 0.905 bits per heavy atom. The standard InChI is InChI=1S/C16H35N3O2/c1-4-5-6-7-8-9-10-11-12-13-14-15(16(20)21)19(17-2)18-3/h15,17-18H,4-14H2,1-3H3,(H,20,21). The van der Waals surface area contributed by atoms with Gasteiger partial charge in [-0.05, 0) is 6.42 Å². The van der Waals surface area contributed by atoms with Gasteiger partial charge >= 0.3 is 5.97 Å². The number of unbranched alkanes of at least 4 members (excludes halogenated alkanes) is 9. The van der Waals surface area contributed by atoms with E-state index in [2.05, 4.69) is 17.8 Å². The molecule has 1 atom stereocenters. The molecule has 0 bridgehead atoms. The van der Waals surface area contributed by atoms with Crippen LogP contribution < -0.4 is 10.9 Å². The number of rotatable bonds is 15. The summed E-state index contributed by atoms with van der Waals surface area (Å²) in [6, 6.07) is -0.506. The predicted molar refractivity (Wildman–Crippen MR) is 87.8 cm³/mol. The van der Waals surface area contributed by atoms with Crippen molar-refractivity contribution in [3.05, 3.63) is 0 Å². The summed E-state index contributed by atoms with van der Waals surface area (Å²) in [5.41, 5.74) is 5.72. The smallest absolute Gasteiger partial charge is 0.323 e. The summed E-state index contributed by atoms with van der Waals surface area (Å²) in [5, 5.41) is 10.8. The molecule has 0 aromatic carbocycles. The van der Waals surface area contributed by atoms with E-state index in [4.69, 9.17) is 0 Å². The Morgan fingerprint density at radius 2 is 1.33 bits per heavy atom. The van der Waals surface area contributed by atoms with Crippen LogP contribution in [0.5, 0.6) is 0 Å². The first-order chi connectivity index (χ1) is 10.2. The van der Waals surface area contributed by atoms with Crippen LogP contribution in [-0.2, 0) is 4.79 Å². The molecule has 0 aliphatic carbocycles. The number of hydrazine groups is 2. The number of carboxylic acid groups (broad SMARTS) is 1. The number of nitrogens with one attached hydrogen (secondary N) is 2. The van der Waals surface area contributed by atoms with Gasteiger partial charge in [-0.25, -0.2) is 10.9 Å². The van der Waals surface area contributed by atoms with Crippen LogP contribution in [-0.4, -0.2) is 36.3 Å². The highest BCUT2D eigenvalue weighted by Gasteiger charge is 2.23. The van der Waals surface area contributed by atoms with Crippen LogP contribution in [0.3, 0.4) is 0 Å². The van der Waals surface area contributed by atoms with E-state index in [1.54, 1.807) is 19.2 Å². The molecule has 0 saturated carbocycles. The van der Waals surface area contributed by atoms with Crippen LogP contribution in [0, 0.1) is 0 Å². The normalized spacial score (nSPS) is 12.8. The molecule has 0 amide bonds. The zero-order chi connectivity index (χ0) is 15.9. The van der Waals surface area contributed by atoms with Crippen LogP contribution in [0.1, 0.15) is 77.6 Å². The molecule has 5 heteroatoms. The topological polar surface area (TPSA) is 64.6 Å². The second kappa shape index (κ2) is 14.3. The van der Waals surface area contributed by atoms with Crippen molar-refractivity contribution in [2.45, 2.75) is 83.6 Å². The highest BCUT2D eigenvalue weighted by atomic mass is 16.4. The summed E-state index contributed by atoms with van der Waals surface area (Å²) >= 11 is 0. The monoisotopic (exact) mass is 301 g/mol. The maximum absolute atomic E-state index is 11.2. The first kappa shape index (κ1) is 20.3. The third-order valence-electron chi connectivity index (χ3n) is 3.91. The van der Waals surface area contributed by atoms with Crippen molar-refractivity contribution in [3.8, 4) is 0 Å². The highest BCUT2D eigenvalue weighted by molar-refractivity contribution is 5.73. The average Bonchev–Trinajstić information content (AvgIpc) is 2.48. The minimum atomic E-state index is -0.783. The minimum Gasteiger partial charge on any atom is -0.480 e. The van der Waals surface area contributed by atoms with E-state index < -0.39 is 12.0 Å². The van der Waals surface area contributed by atoms with Crippen molar-refractivity contribution in [1.29, 1.82) is 0 Å². The maximum Gasteiger partial charge on any atom is 0.323 e. The Morgan fingerprint density at radius 3 is 1.71 bits per heavy atom. The van der Waals surface area contributed by atoms with Gasteiger partial charge in [-0.1, -0.05) is 71.1 Å². The van der Waals surface area contributed by atoms with Gasteiger partial charge < -0.3 is 5.11 Å². The summed E-state index contributed by atoms with van der Waals surface area (Å²) < 4.78 is 0. The molecule has 0 fully saturated rings. The number of hydrogen-bond acceptors (Lipinski definition) is 4. The van der Waals surface area contributed by atoms with Gasteiger partial charge in [-0.2, -0.15) is 5.12 Å². The molecular formula is C16H35N3O2. The van der Waals surface area contributed by atoms with Gasteiger partial charge in [-0.15, -0.1) is 0 Å². The Hall–Kier alpha value is -0.650. The lowest BCUT2D eigenvalue weighted by Crippen LogP contribution is -2.54. The fourth-order valence-electron chi connectivity index (χ4n) is 2.61. The van der Waals surface area contributed by atoms with Gasteiger partial charge in [0.1, 0.15) is 6.04 Å². The molecule has 21 heavy (non-hydrogen) atoms. The molecule has 0 spiro atoms. The number of aliphatic carboxylic acids is 1. The lowest BCUT2D eigenvalue weighted by molar-refractivity contribution is -0.146. The van der Waals surface area contributed by atoms with Gasteiger partial charge in [0.15, 0.2) is 0 Å². The molecule has 126 valence electrons. The summed E-state index contributed by atoms with van der Waals surface area (Å²) in [5.74, 6) is -0.783. The molecule has 0 aliphatic rings. The van der Waals surface area contributed by atoms with Crippen molar-refractivity contribution in [3.63, 3.8) is 0 Å². The first-order valence-corrected chi connectivity index (χ1v) is 8.54. The van der Waals surface area contributed by atoms with Gasteiger partial charge in [0.2, 0.25) is 0 Å². The molecule has 0 radical (unpaired) electrons. The predicted octanol–water partition coefficient (Wildman–Crippen LogP) is 3.32. The molecular weight excluding hydrogens is 266 g/mol. The Kier molecular flexibility index (Phi) is 13.9. The summed E-state index contributed by atoms with van der Waals surface area (Å²) in [4.78, 5) is 11.2. The van der Waals surface area contributed by atoms with E-state index >= 15 is 0 Å². The van der Waals surface area contributed by atoms with Crippen LogP contribution in [0.15, 0.2) is 0 Å². The molecule has 0 saturated heterocycles. The van der Waals surface area contributed by atoms with Crippen molar-refractivity contribution >= 4 is 5.97 Å². The highest BCUT2D eigenvalue weighted by Crippen LogP contribution is 2.13. The van der Waals surface area contributed by atoms with E-state index in [0.717, 1.165) is 12.8 Å². The number of carbonyl (C=O) groups is 1. The van der Waals surface area contributed by atoms with Gasteiger partial charge in [-0.3, -0.25) is 4.79 Å². The van der Waals surface area contributed by atoms with Gasteiger partial charge in [0.25, 0.3) is 0 Å². The SMILES string of the molecule is CCCCCCCCCCCCC(C(=O)O)N(NC)NC. The van der Waals surface area contributed by atoms with Crippen molar-refractivity contribution in [2.24, 2.45) is 0 Å². The minimum absolute atomic E-state index is 0.506. The van der Waals surface area contributed by atoms with Gasteiger partial charge in [0, 0.05) is 14.1 Å². The van der Waals surface area contributed by atoms with E-state index in [1.807, 2.05) is 0 Å². The quantitative estimate of drug-likeness (QED) is 0.320. The summed E-state index contributed by atoms with van der Waals surface area (Å²) in [6.07, 6.45) is 13.4. The molecule has 0 aliphatic heterocycles. The second-order valence-electron chi connectivity index (χ2n) is 5.64. The fourth-order valence-corrected chi connectivity index (χ4v) is 2.61. The third kappa shape index (κ3) is 10.7. The number of hydrogen-bond donors (Lipinski definition) is 3. The molecule has 0 rings (SSSR count). The van der Waals surface area contributed by atoms with Crippen LogP contribution in [0.25, 0.3) is 0 Å². The Balaban J connectivity index is 3.57. The van der Waals surface area contributed by atoms with Crippen LogP contribution in [0.4, 0.5) is 0 Å². The van der Waals surface area contributed by atoms with Gasteiger partial charge in [0.05, 0.1) is 0 Å². The third-order valence-corrected chi connectivity index (χ3v) is 3.91. The fraction of sp³-hybridized carbons (Fsp3) is 0.938. The van der Waals surface area contributed by atoms with E-state index in [9.17, 15) is 9.90 Å². The molecule has 3 N–H and O–H groups in total. The molecule has 0 aromatic rings. The zero-order valence-corrected chi connectivity index (χ0v) is 14.2. The van der Waals surface area contributed by atoms with Crippen molar-refractivity contribution < 1.29 is 9.90 Å². The van der Waals surface area contributed by atoms with E-state index in [0.29, 0.717) is 6.42 Å². The summed E-state index contributed by atoms with van der Waals surface area (Å²) in [6.45, 7) is 2.24.